The van der Waals surface area contributed by atoms with Gasteiger partial charge in [0.05, 0.1) is 0 Å². The molecule has 0 saturated carbocycles. The zero-order valence-electron chi connectivity index (χ0n) is 11.3. The minimum atomic E-state index is 0.199. The van der Waals surface area contributed by atoms with Crippen LogP contribution in [0.25, 0.3) is 0 Å². The van der Waals surface area contributed by atoms with Crippen molar-refractivity contribution in [2.45, 2.75) is 39.0 Å². The number of aromatic nitrogens is 3. The Labute approximate surface area is 117 Å². The van der Waals surface area contributed by atoms with Crippen LogP contribution in [0.4, 0.5) is 11.9 Å². The standard InChI is InChI=1S/C13H19N5S/c1-3-4-10(6-9-5-8(2)19-7-9)11-16-12(14)18-13(15)17-11/h5,7,10H,3-4,6H2,1-2H3,(H4,14,15,16,17,18). The van der Waals surface area contributed by atoms with E-state index in [1.807, 2.05) is 0 Å². The van der Waals surface area contributed by atoms with Gasteiger partial charge < -0.3 is 11.5 Å². The Morgan fingerprint density at radius 3 is 2.42 bits per heavy atom. The molecule has 0 aromatic carbocycles. The molecule has 5 nitrogen and oxygen atoms in total. The minimum Gasteiger partial charge on any atom is -0.368 e. The number of nitrogens with two attached hydrogens (primary N) is 2. The summed E-state index contributed by atoms with van der Waals surface area (Å²) >= 11 is 1.76. The van der Waals surface area contributed by atoms with Gasteiger partial charge in [0.25, 0.3) is 0 Å². The average Bonchev–Trinajstić information content (AvgIpc) is 2.73. The van der Waals surface area contributed by atoms with Gasteiger partial charge in [-0.2, -0.15) is 15.0 Å². The third kappa shape index (κ3) is 3.64. The number of hydrogen-bond acceptors (Lipinski definition) is 6. The molecule has 0 bridgehead atoms. The Hall–Kier alpha value is -1.69. The van der Waals surface area contributed by atoms with Gasteiger partial charge >= 0.3 is 0 Å². The summed E-state index contributed by atoms with van der Waals surface area (Å²) in [5, 5.41) is 2.19. The lowest BCUT2D eigenvalue weighted by atomic mass is 9.95. The van der Waals surface area contributed by atoms with Gasteiger partial charge in [-0.1, -0.05) is 13.3 Å². The lowest BCUT2D eigenvalue weighted by Crippen LogP contribution is -2.12. The van der Waals surface area contributed by atoms with Crippen LogP contribution in [0, 0.1) is 6.92 Å². The smallest absolute Gasteiger partial charge is 0.225 e. The maximum atomic E-state index is 5.65. The molecular formula is C13H19N5S. The largest absolute Gasteiger partial charge is 0.368 e. The molecule has 4 N–H and O–H groups in total. The lowest BCUT2D eigenvalue weighted by Gasteiger charge is -2.14. The van der Waals surface area contributed by atoms with E-state index in [1.54, 1.807) is 11.3 Å². The first kappa shape index (κ1) is 13.7. The van der Waals surface area contributed by atoms with E-state index in [2.05, 4.69) is 40.2 Å². The molecule has 2 aromatic rings. The molecular weight excluding hydrogens is 258 g/mol. The number of nitrogen functional groups attached to an aromatic ring is 2. The van der Waals surface area contributed by atoms with Crippen molar-refractivity contribution in [2.75, 3.05) is 11.5 Å². The molecule has 0 spiro atoms. The molecule has 2 aromatic heterocycles. The molecule has 1 atom stereocenters. The molecule has 0 aliphatic rings. The SMILES string of the molecule is CCCC(Cc1csc(C)c1)c1nc(N)nc(N)n1. The van der Waals surface area contributed by atoms with Crippen molar-refractivity contribution < 1.29 is 0 Å². The van der Waals surface area contributed by atoms with Crippen molar-refractivity contribution in [3.05, 3.63) is 27.7 Å². The van der Waals surface area contributed by atoms with Gasteiger partial charge in [0.15, 0.2) is 0 Å². The van der Waals surface area contributed by atoms with Gasteiger partial charge in [0.2, 0.25) is 11.9 Å². The molecule has 0 amide bonds. The summed E-state index contributed by atoms with van der Waals surface area (Å²) in [5.74, 6) is 1.34. The van der Waals surface area contributed by atoms with Crippen molar-refractivity contribution in [1.29, 1.82) is 0 Å². The summed E-state index contributed by atoms with van der Waals surface area (Å²) in [4.78, 5) is 13.6. The molecule has 0 fully saturated rings. The first-order valence-electron chi connectivity index (χ1n) is 6.39. The lowest BCUT2D eigenvalue weighted by molar-refractivity contribution is 0.577. The molecule has 0 saturated heterocycles. The van der Waals surface area contributed by atoms with Crippen LogP contribution in [-0.4, -0.2) is 15.0 Å². The maximum absolute atomic E-state index is 5.65. The second-order valence-electron chi connectivity index (χ2n) is 4.67. The van der Waals surface area contributed by atoms with Crippen molar-refractivity contribution in [3.8, 4) is 0 Å². The first-order valence-corrected chi connectivity index (χ1v) is 7.27. The Balaban J connectivity index is 2.23. The summed E-state index contributed by atoms with van der Waals surface area (Å²) in [6, 6.07) is 2.21. The van der Waals surface area contributed by atoms with Crippen molar-refractivity contribution >= 4 is 23.2 Å². The number of nitrogens with zero attached hydrogens (tertiary/aromatic N) is 3. The molecule has 0 aliphatic carbocycles. The summed E-state index contributed by atoms with van der Waals surface area (Å²) in [6.45, 7) is 4.27. The maximum Gasteiger partial charge on any atom is 0.225 e. The average molecular weight is 277 g/mol. The van der Waals surface area contributed by atoms with E-state index < -0.39 is 0 Å². The van der Waals surface area contributed by atoms with Crippen LogP contribution in [0.3, 0.4) is 0 Å². The summed E-state index contributed by atoms with van der Waals surface area (Å²) in [6.07, 6.45) is 3.00. The van der Waals surface area contributed by atoms with E-state index in [0.717, 1.165) is 19.3 Å². The third-order valence-corrected chi connectivity index (χ3v) is 3.87. The third-order valence-electron chi connectivity index (χ3n) is 2.96. The fourth-order valence-corrected chi connectivity index (χ4v) is 2.89. The second-order valence-corrected chi connectivity index (χ2v) is 5.78. The first-order chi connectivity index (χ1) is 9.08. The summed E-state index contributed by atoms with van der Waals surface area (Å²) in [5.41, 5.74) is 12.6. The molecule has 102 valence electrons. The molecule has 2 rings (SSSR count). The number of anilines is 2. The predicted molar refractivity (Wildman–Crippen MR) is 79.1 cm³/mol. The molecule has 6 heteroatoms. The summed E-state index contributed by atoms with van der Waals surface area (Å²) < 4.78 is 0. The van der Waals surface area contributed by atoms with E-state index in [9.17, 15) is 0 Å². The molecule has 0 aliphatic heterocycles. The number of aryl methyl sites for hydroxylation is 1. The Morgan fingerprint density at radius 2 is 1.89 bits per heavy atom. The highest BCUT2D eigenvalue weighted by atomic mass is 32.1. The summed E-state index contributed by atoms with van der Waals surface area (Å²) in [7, 11) is 0. The molecule has 1 unspecified atom stereocenters. The van der Waals surface area contributed by atoms with Gasteiger partial charge in [-0.3, -0.25) is 0 Å². The van der Waals surface area contributed by atoms with Gasteiger partial charge in [-0.25, -0.2) is 0 Å². The van der Waals surface area contributed by atoms with Crippen LogP contribution in [-0.2, 0) is 6.42 Å². The fraction of sp³-hybridized carbons (Fsp3) is 0.462. The normalized spacial score (nSPS) is 12.5. The monoisotopic (exact) mass is 277 g/mol. The van der Waals surface area contributed by atoms with Crippen LogP contribution in [0.2, 0.25) is 0 Å². The number of rotatable bonds is 5. The highest BCUT2D eigenvalue weighted by molar-refractivity contribution is 7.10. The van der Waals surface area contributed by atoms with E-state index >= 15 is 0 Å². The number of thiophene rings is 1. The van der Waals surface area contributed by atoms with Gasteiger partial charge in [0, 0.05) is 10.8 Å². The van der Waals surface area contributed by atoms with Crippen molar-refractivity contribution in [2.24, 2.45) is 0 Å². The van der Waals surface area contributed by atoms with Crippen LogP contribution in [0.1, 0.15) is 41.9 Å². The van der Waals surface area contributed by atoms with Gasteiger partial charge in [-0.15, -0.1) is 11.3 Å². The van der Waals surface area contributed by atoms with Gasteiger partial charge in [-0.05, 0) is 36.8 Å². The highest BCUT2D eigenvalue weighted by Crippen LogP contribution is 2.26. The van der Waals surface area contributed by atoms with E-state index in [1.165, 1.54) is 10.4 Å². The van der Waals surface area contributed by atoms with E-state index in [-0.39, 0.29) is 17.8 Å². The fourth-order valence-electron chi connectivity index (χ4n) is 2.17. The molecule has 19 heavy (non-hydrogen) atoms. The van der Waals surface area contributed by atoms with Crippen LogP contribution < -0.4 is 11.5 Å². The Bertz CT molecular complexity index is 531. The Kier molecular flexibility index (Phi) is 4.31. The molecule has 0 radical (unpaired) electrons. The second kappa shape index (κ2) is 5.97. The van der Waals surface area contributed by atoms with E-state index in [0.29, 0.717) is 5.82 Å². The van der Waals surface area contributed by atoms with Crippen LogP contribution in [0.5, 0.6) is 0 Å². The zero-order chi connectivity index (χ0) is 13.8. The Morgan fingerprint density at radius 1 is 1.21 bits per heavy atom. The minimum absolute atomic E-state index is 0.199. The van der Waals surface area contributed by atoms with Crippen LogP contribution in [0.15, 0.2) is 11.4 Å². The number of hydrogen-bond donors (Lipinski definition) is 2. The van der Waals surface area contributed by atoms with Crippen molar-refractivity contribution in [1.82, 2.24) is 15.0 Å². The van der Waals surface area contributed by atoms with E-state index in [4.69, 9.17) is 11.5 Å². The molecule has 2 heterocycles. The van der Waals surface area contributed by atoms with Gasteiger partial charge in [0.1, 0.15) is 5.82 Å². The topological polar surface area (TPSA) is 90.7 Å². The van der Waals surface area contributed by atoms with Crippen LogP contribution >= 0.6 is 11.3 Å². The quantitative estimate of drug-likeness (QED) is 0.876. The zero-order valence-corrected chi connectivity index (χ0v) is 12.1. The highest BCUT2D eigenvalue weighted by Gasteiger charge is 2.17. The predicted octanol–water partition coefficient (Wildman–Crippen LogP) is 2.53. The van der Waals surface area contributed by atoms with Crippen molar-refractivity contribution in [3.63, 3.8) is 0 Å².